The van der Waals surface area contributed by atoms with Crippen LogP contribution in [0.5, 0.6) is 11.5 Å². The molecule has 33 heavy (non-hydrogen) atoms. The minimum Gasteiger partial charge on any atom is -0.490 e. The number of aliphatic hydroxyl groups is 1. The number of amides is 2. The van der Waals surface area contributed by atoms with Crippen molar-refractivity contribution in [1.29, 1.82) is 0 Å². The van der Waals surface area contributed by atoms with Crippen molar-refractivity contribution in [2.75, 3.05) is 20.3 Å². The van der Waals surface area contributed by atoms with Crippen LogP contribution in [0.1, 0.15) is 31.2 Å². The summed E-state index contributed by atoms with van der Waals surface area (Å²) >= 11 is 0. The number of aliphatic hydroxyl groups excluding tert-OH is 1. The van der Waals surface area contributed by atoms with Crippen LogP contribution in [0.2, 0.25) is 0 Å². The number of hydrogen-bond acceptors (Lipinski definition) is 9. The summed E-state index contributed by atoms with van der Waals surface area (Å²) < 4.78 is 21.3. The number of rotatable bonds is 10. The van der Waals surface area contributed by atoms with Crippen LogP contribution in [0, 0.1) is 0 Å². The summed E-state index contributed by atoms with van der Waals surface area (Å²) in [5.41, 5.74) is 3.81. The van der Waals surface area contributed by atoms with Gasteiger partial charge >= 0.3 is 12.0 Å². The number of esters is 1. The fourth-order valence-corrected chi connectivity index (χ4v) is 3.17. The molecule has 0 aliphatic carbocycles. The number of nitrogens with one attached hydrogen (secondary N) is 3. The first-order valence-electron chi connectivity index (χ1n) is 10.2. The fraction of sp³-hybridized carbons (Fsp3) is 0.318. The number of methoxy groups -OCH3 is 1. The predicted molar refractivity (Wildman–Crippen MR) is 118 cm³/mol. The van der Waals surface area contributed by atoms with Gasteiger partial charge in [0, 0.05) is 5.70 Å². The quantitative estimate of drug-likeness (QED) is 0.183. The molecule has 0 unspecified atom stereocenters. The highest BCUT2D eigenvalue weighted by Crippen LogP contribution is 2.34. The van der Waals surface area contributed by atoms with E-state index in [1.165, 1.54) is 19.6 Å². The third-order valence-electron chi connectivity index (χ3n) is 4.63. The van der Waals surface area contributed by atoms with Gasteiger partial charge in [0.2, 0.25) is 0 Å². The van der Waals surface area contributed by atoms with Crippen molar-refractivity contribution in [1.82, 2.24) is 16.1 Å². The molecule has 0 bridgehead atoms. The second-order valence-electron chi connectivity index (χ2n) is 6.93. The van der Waals surface area contributed by atoms with Gasteiger partial charge in [-0.1, -0.05) is 6.07 Å². The molecule has 0 saturated heterocycles. The van der Waals surface area contributed by atoms with Crippen LogP contribution in [0.25, 0.3) is 0 Å². The molecule has 2 heterocycles. The molecule has 2 atom stereocenters. The molecule has 176 valence electrons. The van der Waals surface area contributed by atoms with Gasteiger partial charge in [0.1, 0.15) is 12.4 Å². The first-order chi connectivity index (χ1) is 15.9. The van der Waals surface area contributed by atoms with E-state index >= 15 is 0 Å². The number of ether oxygens (including phenoxy) is 3. The number of urea groups is 1. The first-order valence-corrected chi connectivity index (χ1v) is 10.2. The van der Waals surface area contributed by atoms with E-state index in [4.69, 9.17) is 18.6 Å². The van der Waals surface area contributed by atoms with E-state index in [-0.39, 0.29) is 12.2 Å². The maximum Gasteiger partial charge on any atom is 0.337 e. The van der Waals surface area contributed by atoms with Gasteiger partial charge < -0.3 is 34.4 Å². The van der Waals surface area contributed by atoms with Crippen molar-refractivity contribution in [3.63, 3.8) is 0 Å². The Morgan fingerprint density at radius 1 is 1.33 bits per heavy atom. The van der Waals surface area contributed by atoms with Gasteiger partial charge in [0.15, 0.2) is 17.7 Å². The van der Waals surface area contributed by atoms with Crippen molar-refractivity contribution in [3.8, 4) is 11.5 Å². The van der Waals surface area contributed by atoms with Crippen LogP contribution in [0.3, 0.4) is 0 Å². The molecule has 2 amide bonds. The van der Waals surface area contributed by atoms with Gasteiger partial charge in [-0.3, -0.25) is 5.43 Å². The molecule has 0 fully saturated rings. The van der Waals surface area contributed by atoms with E-state index in [1.54, 1.807) is 37.3 Å². The number of hydrazone groups is 1. The minimum atomic E-state index is -1.09. The third kappa shape index (κ3) is 6.04. The lowest BCUT2D eigenvalue weighted by Gasteiger charge is -2.28. The molecule has 11 heteroatoms. The van der Waals surface area contributed by atoms with Crippen LogP contribution in [-0.4, -0.2) is 49.9 Å². The molecular weight excluding hydrogens is 432 g/mol. The highest BCUT2D eigenvalue weighted by Gasteiger charge is 2.32. The van der Waals surface area contributed by atoms with Gasteiger partial charge in [-0.05, 0) is 43.7 Å². The Labute approximate surface area is 190 Å². The number of nitrogens with zero attached hydrogens (tertiary/aromatic N) is 1. The Balaban J connectivity index is 1.73. The fourth-order valence-electron chi connectivity index (χ4n) is 3.17. The molecule has 1 aliphatic heterocycles. The van der Waals surface area contributed by atoms with Gasteiger partial charge in [-0.25, -0.2) is 9.59 Å². The maximum absolute atomic E-state index is 12.3. The summed E-state index contributed by atoms with van der Waals surface area (Å²) in [6.07, 6.45) is 1.84. The lowest BCUT2D eigenvalue weighted by molar-refractivity contribution is -0.136. The average molecular weight is 458 g/mol. The second kappa shape index (κ2) is 11.0. The molecule has 0 spiro atoms. The summed E-state index contributed by atoms with van der Waals surface area (Å²) in [5, 5.41) is 19.2. The topological polar surface area (TPSA) is 144 Å². The Hall–Kier alpha value is -3.99. The van der Waals surface area contributed by atoms with Gasteiger partial charge in [-0.2, -0.15) is 5.10 Å². The number of benzene rings is 1. The molecule has 1 aromatic carbocycles. The van der Waals surface area contributed by atoms with E-state index in [9.17, 15) is 14.7 Å². The molecule has 1 aromatic heterocycles. The molecule has 0 radical (unpaired) electrons. The van der Waals surface area contributed by atoms with E-state index in [0.29, 0.717) is 35.1 Å². The van der Waals surface area contributed by atoms with E-state index in [1.807, 2.05) is 6.92 Å². The van der Waals surface area contributed by atoms with Gasteiger partial charge in [0.25, 0.3) is 0 Å². The zero-order valence-electron chi connectivity index (χ0n) is 18.5. The molecule has 3 rings (SSSR count). The highest BCUT2D eigenvalue weighted by atomic mass is 16.5. The van der Waals surface area contributed by atoms with Crippen molar-refractivity contribution >= 4 is 18.2 Å². The number of hydrogen-bond donors (Lipinski definition) is 4. The maximum atomic E-state index is 12.3. The highest BCUT2D eigenvalue weighted by molar-refractivity contribution is 5.95. The van der Waals surface area contributed by atoms with Crippen LogP contribution in [-0.2, 0) is 9.53 Å². The normalized spacial score (nSPS) is 16.7. The lowest BCUT2D eigenvalue weighted by atomic mass is 9.95. The van der Waals surface area contributed by atoms with Crippen molar-refractivity contribution in [2.24, 2.45) is 5.10 Å². The summed E-state index contributed by atoms with van der Waals surface area (Å²) in [6, 6.07) is 7.27. The molecule has 4 N–H and O–H groups in total. The molecule has 0 saturated carbocycles. The van der Waals surface area contributed by atoms with Crippen molar-refractivity contribution < 1.29 is 33.3 Å². The Kier molecular flexibility index (Phi) is 7.92. The largest absolute Gasteiger partial charge is 0.490 e. The zero-order valence-corrected chi connectivity index (χ0v) is 18.5. The Bertz CT molecular complexity index is 1030. The van der Waals surface area contributed by atoms with E-state index < -0.39 is 24.3 Å². The standard InChI is InChI=1S/C22H26N4O7/c1-4-31-17-10-14(20-19(21(28)30-3)13(2)24-22(29)25-20)7-8-16(17)33-12-18(27)26-23-11-15-6-5-9-32-15/h5-11,18,20,26-27H,4,12H2,1-3H3,(H2,24,25,29)/b23-11-/t18-,20+/m0/s1. The van der Waals surface area contributed by atoms with E-state index in [2.05, 4.69) is 21.2 Å². The summed E-state index contributed by atoms with van der Waals surface area (Å²) in [5.74, 6) is 0.728. The smallest absolute Gasteiger partial charge is 0.337 e. The van der Waals surface area contributed by atoms with Gasteiger partial charge in [0.05, 0.1) is 37.8 Å². The first kappa shape index (κ1) is 23.7. The predicted octanol–water partition coefficient (Wildman–Crippen LogP) is 1.80. The van der Waals surface area contributed by atoms with E-state index in [0.717, 1.165) is 0 Å². The van der Waals surface area contributed by atoms with Crippen LogP contribution in [0.15, 0.2) is 57.4 Å². The number of furan rings is 1. The number of carbonyl (C=O) groups excluding carboxylic acids is 2. The number of carbonyl (C=O) groups is 2. The van der Waals surface area contributed by atoms with Crippen molar-refractivity contribution in [3.05, 3.63) is 59.2 Å². The monoisotopic (exact) mass is 458 g/mol. The Morgan fingerprint density at radius 3 is 2.85 bits per heavy atom. The zero-order chi connectivity index (χ0) is 23.8. The third-order valence-corrected chi connectivity index (χ3v) is 4.63. The Morgan fingerprint density at radius 2 is 2.15 bits per heavy atom. The molecule has 2 aromatic rings. The van der Waals surface area contributed by atoms with Gasteiger partial charge in [-0.15, -0.1) is 0 Å². The summed E-state index contributed by atoms with van der Waals surface area (Å²) in [4.78, 5) is 24.3. The second-order valence-corrected chi connectivity index (χ2v) is 6.93. The van der Waals surface area contributed by atoms with Crippen molar-refractivity contribution in [2.45, 2.75) is 26.1 Å². The van der Waals surface area contributed by atoms with Crippen LogP contribution >= 0.6 is 0 Å². The number of allylic oxidation sites excluding steroid dienone is 1. The van der Waals surface area contributed by atoms with Crippen LogP contribution in [0.4, 0.5) is 4.79 Å². The SMILES string of the molecule is CCOc1cc([C@H]2NC(=O)NC(C)=C2C(=O)OC)ccc1OC[C@H](O)N/N=C\c1ccco1. The molecule has 1 aliphatic rings. The van der Waals surface area contributed by atoms with Crippen LogP contribution < -0.4 is 25.5 Å². The average Bonchev–Trinajstić information content (AvgIpc) is 3.31. The molecule has 11 nitrogen and oxygen atoms in total. The minimum absolute atomic E-state index is 0.120. The summed E-state index contributed by atoms with van der Waals surface area (Å²) in [7, 11) is 1.27. The molecular formula is C22H26N4O7. The lowest BCUT2D eigenvalue weighted by Crippen LogP contribution is -2.45. The summed E-state index contributed by atoms with van der Waals surface area (Å²) in [6.45, 7) is 3.67.